The Morgan fingerprint density at radius 2 is 1.55 bits per heavy atom. The van der Waals surface area contributed by atoms with Crippen LogP contribution in [0.1, 0.15) is 65.1 Å². The highest BCUT2D eigenvalue weighted by Gasteiger charge is 2.16. The third-order valence-electron chi connectivity index (χ3n) is 7.75. The van der Waals surface area contributed by atoms with E-state index in [1.165, 1.54) is 33.5 Å². The molecular formula is C36H38N2O2. The second-order valence-corrected chi connectivity index (χ2v) is 11.0. The molecule has 5 rings (SSSR count). The van der Waals surface area contributed by atoms with Gasteiger partial charge in [0.05, 0.1) is 12.1 Å². The van der Waals surface area contributed by atoms with Gasteiger partial charge in [-0.1, -0.05) is 60.7 Å². The monoisotopic (exact) mass is 530 g/mol. The van der Waals surface area contributed by atoms with Crippen LogP contribution in [-0.4, -0.2) is 16.6 Å². The van der Waals surface area contributed by atoms with Gasteiger partial charge in [-0.3, -0.25) is 4.79 Å². The molecule has 4 aromatic carbocycles. The minimum atomic E-state index is -0.119. The van der Waals surface area contributed by atoms with Crippen LogP contribution in [0.2, 0.25) is 0 Å². The lowest BCUT2D eigenvalue weighted by atomic mass is 9.99. The molecule has 1 N–H and O–H groups in total. The van der Waals surface area contributed by atoms with Crippen molar-refractivity contribution in [3.8, 4) is 16.9 Å². The summed E-state index contributed by atoms with van der Waals surface area (Å²) in [7, 11) is 0. The van der Waals surface area contributed by atoms with E-state index in [0.717, 1.165) is 28.8 Å². The number of ether oxygens (including phenoxy) is 1. The highest BCUT2D eigenvalue weighted by molar-refractivity contribution is 5.99. The van der Waals surface area contributed by atoms with Crippen molar-refractivity contribution in [1.82, 2.24) is 9.88 Å². The number of nitrogens with zero attached hydrogens (tertiary/aromatic N) is 1. The van der Waals surface area contributed by atoms with Crippen LogP contribution in [0.4, 0.5) is 0 Å². The molecule has 1 heterocycles. The first-order valence-corrected chi connectivity index (χ1v) is 14.0. The number of hydrogen-bond donors (Lipinski definition) is 1. The first-order valence-electron chi connectivity index (χ1n) is 14.0. The summed E-state index contributed by atoms with van der Waals surface area (Å²) in [5.74, 6) is 0.758. The summed E-state index contributed by atoms with van der Waals surface area (Å²) in [4.78, 5) is 13.2. The zero-order chi connectivity index (χ0) is 28.4. The SMILES string of the molecule is Cc1ccccc1-c1ccc(Cn2c(C)c(C)c3cc(C(=O)NC(C)c4ccc(OC(C)C)cc4)ccc32)cc1. The van der Waals surface area contributed by atoms with Crippen LogP contribution in [0, 0.1) is 20.8 Å². The van der Waals surface area contributed by atoms with Crippen LogP contribution < -0.4 is 10.1 Å². The first kappa shape index (κ1) is 27.3. The Morgan fingerprint density at radius 3 is 2.23 bits per heavy atom. The number of rotatable bonds is 8. The summed E-state index contributed by atoms with van der Waals surface area (Å²) in [5, 5.41) is 4.27. The Bertz CT molecular complexity index is 1640. The van der Waals surface area contributed by atoms with E-state index in [-0.39, 0.29) is 18.1 Å². The van der Waals surface area contributed by atoms with Gasteiger partial charge in [-0.2, -0.15) is 0 Å². The van der Waals surface area contributed by atoms with Gasteiger partial charge >= 0.3 is 0 Å². The van der Waals surface area contributed by atoms with Crippen LogP contribution >= 0.6 is 0 Å². The van der Waals surface area contributed by atoms with E-state index >= 15 is 0 Å². The minimum Gasteiger partial charge on any atom is -0.491 e. The number of aromatic nitrogens is 1. The number of hydrogen-bond acceptors (Lipinski definition) is 2. The summed E-state index contributed by atoms with van der Waals surface area (Å²) in [6, 6.07) is 31.2. The maximum atomic E-state index is 13.2. The Balaban J connectivity index is 1.33. The van der Waals surface area contributed by atoms with Crippen molar-refractivity contribution in [2.75, 3.05) is 0 Å². The number of nitrogens with one attached hydrogen (secondary N) is 1. The number of carbonyl (C=O) groups excluding carboxylic acids is 1. The van der Waals surface area contributed by atoms with Gasteiger partial charge in [0, 0.05) is 28.7 Å². The molecule has 0 aliphatic heterocycles. The van der Waals surface area contributed by atoms with Crippen molar-refractivity contribution >= 4 is 16.8 Å². The molecule has 0 radical (unpaired) electrons. The number of amides is 1. The summed E-state index contributed by atoms with van der Waals surface area (Å²) < 4.78 is 8.08. The second-order valence-electron chi connectivity index (χ2n) is 11.0. The van der Waals surface area contributed by atoms with Crippen molar-refractivity contribution in [3.05, 3.63) is 125 Å². The molecule has 1 aromatic heterocycles. The molecule has 1 unspecified atom stereocenters. The molecule has 0 bridgehead atoms. The third kappa shape index (κ3) is 5.67. The molecular weight excluding hydrogens is 492 g/mol. The van der Waals surface area contributed by atoms with Gasteiger partial charge in [0.2, 0.25) is 0 Å². The van der Waals surface area contributed by atoms with Gasteiger partial charge < -0.3 is 14.6 Å². The summed E-state index contributed by atoms with van der Waals surface area (Å²) in [6.07, 6.45) is 0.129. The van der Waals surface area contributed by atoms with Crippen molar-refractivity contribution in [3.63, 3.8) is 0 Å². The van der Waals surface area contributed by atoms with Crippen molar-refractivity contribution in [2.24, 2.45) is 0 Å². The van der Waals surface area contributed by atoms with Crippen LogP contribution in [0.5, 0.6) is 5.75 Å². The lowest BCUT2D eigenvalue weighted by Crippen LogP contribution is -2.26. The van der Waals surface area contributed by atoms with E-state index in [9.17, 15) is 4.79 Å². The normalized spacial score (nSPS) is 12.1. The molecule has 0 saturated heterocycles. The highest BCUT2D eigenvalue weighted by atomic mass is 16.5. The van der Waals surface area contributed by atoms with E-state index in [1.54, 1.807) is 0 Å². The standard InChI is InChI=1S/C36H38N2O2/c1-23(2)40-32-18-15-29(16-19-32)26(5)37-36(39)31-17-20-35-34(21-31)25(4)27(6)38(35)22-28-11-13-30(14-12-28)33-10-8-7-9-24(33)3/h7-21,23,26H,22H2,1-6H3,(H,37,39). The van der Waals surface area contributed by atoms with Gasteiger partial charge in [0.15, 0.2) is 0 Å². The van der Waals surface area contributed by atoms with Gasteiger partial charge in [-0.05, 0) is 105 Å². The quantitative estimate of drug-likeness (QED) is 0.218. The van der Waals surface area contributed by atoms with Crippen LogP contribution in [0.3, 0.4) is 0 Å². The molecule has 0 saturated carbocycles. The number of benzene rings is 4. The molecule has 1 amide bonds. The third-order valence-corrected chi connectivity index (χ3v) is 7.75. The fourth-order valence-corrected chi connectivity index (χ4v) is 5.33. The maximum absolute atomic E-state index is 13.2. The molecule has 0 spiro atoms. The average Bonchev–Trinajstić information content (AvgIpc) is 3.18. The highest BCUT2D eigenvalue weighted by Crippen LogP contribution is 2.29. The fourth-order valence-electron chi connectivity index (χ4n) is 5.33. The fraction of sp³-hybridized carbons (Fsp3) is 0.250. The smallest absolute Gasteiger partial charge is 0.251 e. The lowest BCUT2D eigenvalue weighted by molar-refractivity contribution is 0.0940. The van der Waals surface area contributed by atoms with Crippen LogP contribution in [0.25, 0.3) is 22.0 Å². The zero-order valence-electron chi connectivity index (χ0n) is 24.3. The first-order chi connectivity index (χ1) is 19.2. The number of fused-ring (bicyclic) bond motifs is 1. The van der Waals surface area contributed by atoms with Gasteiger partial charge in [-0.25, -0.2) is 0 Å². The van der Waals surface area contributed by atoms with Gasteiger partial charge in [0.1, 0.15) is 5.75 Å². The number of carbonyl (C=O) groups is 1. The summed E-state index contributed by atoms with van der Waals surface area (Å²) in [6.45, 7) is 13.3. The Labute approximate surface area is 237 Å². The van der Waals surface area contributed by atoms with Crippen molar-refractivity contribution in [2.45, 2.75) is 60.2 Å². The van der Waals surface area contributed by atoms with Crippen molar-refractivity contribution in [1.29, 1.82) is 0 Å². The molecule has 5 aromatic rings. The Kier molecular flexibility index (Phi) is 7.79. The van der Waals surface area contributed by atoms with E-state index in [4.69, 9.17) is 4.74 Å². The van der Waals surface area contributed by atoms with Crippen molar-refractivity contribution < 1.29 is 9.53 Å². The van der Waals surface area contributed by atoms with E-state index in [0.29, 0.717) is 5.56 Å². The summed E-state index contributed by atoms with van der Waals surface area (Å²) in [5.41, 5.74) is 10.3. The second kappa shape index (κ2) is 11.4. The van der Waals surface area contributed by atoms with Crippen LogP contribution in [0.15, 0.2) is 91.0 Å². The molecule has 0 aliphatic carbocycles. The lowest BCUT2D eigenvalue weighted by Gasteiger charge is -2.16. The molecule has 204 valence electrons. The van der Waals surface area contributed by atoms with Crippen LogP contribution in [-0.2, 0) is 6.54 Å². The van der Waals surface area contributed by atoms with E-state index < -0.39 is 0 Å². The predicted molar refractivity (Wildman–Crippen MR) is 165 cm³/mol. The van der Waals surface area contributed by atoms with E-state index in [2.05, 4.69) is 85.3 Å². The molecule has 40 heavy (non-hydrogen) atoms. The predicted octanol–water partition coefficient (Wildman–Crippen LogP) is 8.56. The maximum Gasteiger partial charge on any atom is 0.251 e. The summed E-state index contributed by atoms with van der Waals surface area (Å²) >= 11 is 0. The van der Waals surface area contributed by atoms with Gasteiger partial charge in [0.25, 0.3) is 5.91 Å². The average molecular weight is 531 g/mol. The van der Waals surface area contributed by atoms with E-state index in [1.807, 2.05) is 57.2 Å². The molecule has 1 atom stereocenters. The van der Waals surface area contributed by atoms with Gasteiger partial charge in [-0.15, -0.1) is 0 Å². The Morgan fingerprint density at radius 1 is 0.850 bits per heavy atom. The zero-order valence-corrected chi connectivity index (χ0v) is 24.3. The number of aryl methyl sites for hydroxylation is 2. The molecule has 4 nitrogen and oxygen atoms in total. The Hall–Kier alpha value is -4.31. The molecule has 0 aliphatic rings. The minimum absolute atomic E-state index is 0.0755. The largest absolute Gasteiger partial charge is 0.491 e. The molecule has 4 heteroatoms. The molecule has 0 fully saturated rings. The topological polar surface area (TPSA) is 43.3 Å².